The van der Waals surface area contributed by atoms with Crippen molar-refractivity contribution >= 4 is 25.9 Å². The molecule has 13 heteroatoms. The Bertz CT molecular complexity index is 918. The Labute approximate surface area is 309 Å². The number of esters is 2. The molecule has 0 saturated carbocycles. The first-order chi connectivity index (χ1) is 24.4. The van der Waals surface area contributed by atoms with Crippen molar-refractivity contribution in [1.82, 2.24) is 5.32 Å². The number of nitrogens with one attached hydrogen (secondary N) is 1. The zero-order valence-corrected chi connectivity index (χ0v) is 33.5. The maximum Gasteiger partial charge on any atom is 0.472 e. The number of carbonyl (C=O) groups is 3. The first-order valence-corrected chi connectivity index (χ1v) is 21.5. The zero-order valence-electron chi connectivity index (χ0n) is 32.6. The SMILES string of the molecule is CCCCCCCCCCCCCC(=O)OCC(COP(=O)(O)OCCNC(=O)OC(C)(C)CO)OC(=O)CCCCCCCCCCCCC. The summed E-state index contributed by atoms with van der Waals surface area (Å²) in [5.41, 5.74) is -1.09. The molecule has 0 aromatic heterocycles. The summed E-state index contributed by atoms with van der Waals surface area (Å²) < 4.78 is 38.3. The van der Waals surface area contributed by atoms with E-state index in [1.165, 1.54) is 104 Å². The van der Waals surface area contributed by atoms with Crippen LogP contribution < -0.4 is 5.32 Å². The van der Waals surface area contributed by atoms with Crippen LogP contribution >= 0.6 is 7.82 Å². The van der Waals surface area contributed by atoms with Gasteiger partial charge < -0.3 is 29.5 Å². The van der Waals surface area contributed by atoms with E-state index >= 15 is 0 Å². The smallest absolute Gasteiger partial charge is 0.462 e. The summed E-state index contributed by atoms with van der Waals surface area (Å²) in [7, 11) is -4.60. The molecule has 2 unspecified atom stereocenters. The number of hydrogen-bond acceptors (Lipinski definition) is 10. The monoisotopic (exact) mass is 751 g/mol. The molecule has 0 heterocycles. The third kappa shape index (κ3) is 33.8. The molecule has 0 saturated heterocycles. The third-order valence-corrected chi connectivity index (χ3v) is 9.48. The molecular formula is C38H74NO11P. The molecular weight excluding hydrogens is 677 g/mol. The molecule has 12 nitrogen and oxygen atoms in total. The molecule has 302 valence electrons. The van der Waals surface area contributed by atoms with E-state index in [9.17, 15) is 28.9 Å². The summed E-state index contributed by atoms with van der Waals surface area (Å²) in [6.07, 6.45) is 24.0. The van der Waals surface area contributed by atoms with Crippen molar-refractivity contribution in [3.8, 4) is 0 Å². The summed E-state index contributed by atoms with van der Waals surface area (Å²) in [5.74, 6) is -0.925. The summed E-state index contributed by atoms with van der Waals surface area (Å²) >= 11 is 0. The maximum atomic E-state index is 12.6. The number of alkyl carbamates (subject to hydrolysis) is 1. The van der Waals surface area contributed by atoms with Gasteiger partial charge in [0.25, 0.3) is 0 Å². The van der Waals surface area contributed by atoms with Crippen LogP contribution in [0, 0.1) is 0 Å². The van der Waals surface area contributed by atoms with Gasteiger partial charge in [0.2, 0.25) is 0 Å². The van der Waals surface area contributed by atoms with E-state index in [4.69, 9.17) is 23.3 Å². The molecule has 51 heavy (non-hydrogen) atoms. The Kier molecular flexibility index (Phi) is 31.8. The lowest BCUT2D eigenvalue weighted by molar-refractivity contribution is -0.161. The first-order valence-electron chi connectivity index (χ1n) is 20.0. The quantitative estimate of drug-likeness (QED) is 0.0241. The van der Waals surface area contributed by atoms with Crippen molar-refractivity contribution in [1.29, 1.82) is 0 Å². The van der Waals surface area contributed by atoms with Gasteiger partial charge in [0.15, 0.2) is 6.10 Å². The van der Waals surface area contributed by atoms with Crippen molar-refractivity contribution in [2.75, 3.05) is 33.0 Å². The summed E-state index contributed by atoms with van der Waals surface area (Å²) in [6, 6.07) is 0. The minimum absolute atomic E-state index is 0.164. The zero-order chi connectivity index (χ0) is 38.1. The Balaban J connectivity index is 4.60. The molecule has 0 aliphatic rings. The van der Waals surface area contributed by atoms with Crippen molar-refractivity contribution in [2.45, 2.75) is 193 Å². The lowest BCUT2D eigenvalue weighted by atomic mass is 10.1. The van der Waals surface area contributed by atoms with E-state index in [1.54, 1.807) is 0 Å². The number of ether oxygens (including phenoxy) is 3. The van der Waals surface area contributed by atoms with Crippen molar-refractivity contribution < 1.29 is 52.2 Å². The van der Waals surface area contributed by atoms with E-state index in [2.05, 4.69) is 19.2 Å². The van der Waals surface area contributed by atoms with Gasteiger partial charge in [-0.2, -0.15) is 0 Å². The lowest BCUT2D eigenvalue weighted by Crippen LogP contribution is -2.38. The number of aliphatic hydroxyl groups is 1. The van der Waals surface area contributed by atoms with Crippen molar-refractivity contribution in [3.05, 3.63) is 0 Å². The van der Waals surface area contributed by atoms with Gasteiger partial charge >= 0.3 is 25.9 Å². The number of carbonyl (C=O) groups excluding carboxylic acids is 3. The highest BCUT2D eigenvalue weighted by molar-refractivity contribution is 7.47. The largest absolute Gasteiger partial charge is 0.472 e. The number of amides is 1. The number of phosphoric ester groups is 1. The van der Waals surface area contributed by atoms with Crippen LogP contribution in [0.5, 0.6) is 0 Å². The summed E-state index contributed by atoms with van der Waals surface area (Å²) in [6.45, 7) is 5.73. The van der Waals surface area contributed by atoms with Gasteiger partial charge in [-0.1, -0.05) is 142 Å². The Morgan fingerprint density at radius 1 is 0.647 bits per heavy atom. The van der Waals surface area contributed by atoms with Crippen LogP contribution in [-0.2, 0) is 37.4 Å². The highest BCUT2D eigenvalue weighted by Gasteiger charge is 2.27. The van der Waals surface area contributed by atoms with E-state index < -0.39 is 44.2 Å². The van der Waals surface area contributed by atoms with Crippen LogP contribution in [0.2, 0.25) is 0 Å². The predicted octanol–water partition coefficient (Wildman–Crippen LogP) is 9.47. The van der Waals surface area contributed by atoms with E-state index in [0.29, 0.717) is 12.8 Å². The Hall–Kier alpha value is -1.72. The van der Waals surface area contributed by atoms with Crippen LogP contribution in [0.25, 0.3) is 0 Å². The molecule has 0 fully saturated rings. The van der Waals surface area contributed by atoms with Crippen LogP contribution in [0.15, 0.2) is 0 Å². The molecule has 0 radical (unpaired) electrons. The molecule has 2 atom stereocenters. The van der Waals surface area contributed by atoms with Gasteiger partial charge in [-0.25, -0.2) is 9.36 Å². The average molecular weight is 752 g/mol. The fourth-order valence-electron chi connectivity index (χ4n) is 5.33. The second kappa shape index (κ2) is 32.9. The fourth-order valence-corrected chi connectivity index (χ4v) is 6.09. The van der Waals surface area contributed by atoms with Gasteiger partial charge in [-0.05, 0) is 26.7 Å². The molecule has 0 bridgehead atoms. The maximum absolute atomic E-state index is 12.6. The Morgan fingerprint density at radius 2 is 1.08 bits per heavy atom. The number of rotatable bonds is 36. The van der Waals surface area contributed by atoms with E-state index in [1.807, 2.05) is 0 Å². The predicted molar refractivity (Wildman–Crippen MR) is 200 cm³/mol. The normalized spacial score (nSPS) is 13.4. The highest BCUT2D eigenvalue weighted by atomic mass is 31.2. The van der Waals surface area contributed by atoms with E-state index in [-0.39, 0.29) is 39.2 Å². The topological polar surface area (TPSA) is 167 Å². The van der Waals surface area contributed by atoms with Crippen LogP contribution in [0.1, 0.15) is 182 Å². The van der Waals surface area contributed by atoms with Crippen molar-refractivity contribution in [2.24, 2.45) is 0 Å². The molecule has 3 N–H and O–H groups in total. The second-order valence-corrected chi connectivity index (χ2v) is 15.7. The van der Waals surface area contributed by atoms with E-state index in [0.717, 1.165) is 38.5 Å². The molecule has 0 aromatic carbocycles. The number of unbranched alkanes of at least 4 members (excludes halogenated alkanes) is 20. The molecule has 0 aromatic rings. The molecule has 0 spiro atoms. The molecule has 0 aliphatic heterocycles. The first kappa shape index (κ1) is 49.3. The van der Waals surface area contributed by atoms with Crippen LogP contribution in [0.3, 0.4) is 0 Å². The van der Waals surface area contributed by atoms with Crippen LogP contribution in [0.4, 0.5) is 4.79 Å². The second-order valence-electron chi connectivity index (χ2n) is 14.2. The van der Waals surface area contributed by atoms with Gasteiger partial charge in [-0.3, -0.25) is 18.6 Å². The number of hydrogen-bond donors (Lipinski definition) is 3. The van der Waals surface area contributed by atoms with Crippen LogP contribution in [-0.4, -0.2) is 72.7 Å². The van der Waals surface area contributed by atoms with Gasteiger partial charge in [0.05, 0.1) is 19.8 Å². The minimum atomic E-state index is -4.60. The number of phosphoric acid groups is 1. The van der Waals surface area contributed by atoms with Gasteiger partial charge in [0.1, 0.15) is 12.2 Å². The van der Waals surface area contributed by atoms with Gasteiger partial charge in [0, 0.05) is 19.4 Å². The lowest BCUT2D eigenvalue weighted by Gasteiger charge is -2.22. The van der Waals surface area contributed by atoms with Gasteiger partial charge in [-0.15, -0.1) is 0 Å². The average Bonchev–Trinajstić information content (AvgIpc) is 3.09. The third-order valence-electron chi connectivity index (χ3n) is 8.50. The Morgan fingerprint density at radius 3 is 1.53 bits per heavy atom. The molecule has 1 amide bonds. The molecule has 0 aliphatic carbocycles. The molecule has 0 rings (SSSR count). The minimum Gasteiger partial charge on any atom is -0.462 e. The summed E-state index contributed by atoms with van der Waals surface area (Å²) in [5, 5.41) is 11.5. The standard InChI is InChI=1S/C38H74NO11P/c1-5-7-9-11-13-15-17-19-21-23-25-27-35(41)46-31-34(49-36(42)28-26-24-22-20-18-16-14-12-10-8-6-2)32-48-51(44,45)47-30-29-39-37(43)50-38(3,4)33-40/h34,40H,5-33H2,1-4H3,(H,39,43)(H,44,45). The summed E-state index contributed by atoms with van der Waals surface area (Å²) in [4.78, 5) is 47.0. The van der Waals surface area contributed by atoms with Crippen molar-refractivity contribution in [3.63, 3.8) is 0 Å². The fraction of sp³-hybridized carbons (Fsp3) is 0.921. The number of aliphatic hydroxyl groups excluding tert-OH is 1. The highest BCUT2D eigenvalue weighted by Crippen LogP contribution is 2.43.